The first-order valence-electron chi connectivity index (χ1n) is 8.46. The van der Waals surface area contributed by atoms with Crippen molar-refractivity contribution in [3.8, 4) is 22.6 Å². The quantitative estimate of drug-likeness (QED) is 0.778. The lowest BCUT2D eigenvalue weighted by Gasteiger charge is -2.09. The molecule has 0 fully saturated rings. The number of nitrogens with zero attached hydrogens (tertiary/aromatic N) is 1. The van der Waals surface area contributed by atoms with Crippen LogP contribution >= 0.6 is 11.6 Å². The van der Waals surface area contributed by atoms with Gasteiger partial charge in [0, 0.05) is 17.3 Å². The maximum atomic E-state index is 13.2. The van der Waals surface area contributed by atoms with Gasteiger partial charge >= 0.3 is 6.29 Å². The molecule has 2 heterocycles. The Morgan fingerprint density at radius 3 is 2.39 bits per heavy atom. The average molecular weight is 405 g/mol. The van der Waals surface area contributed by atoms with Crippen LogP contribution in [-0.4, -0.2) is 24.5 Å². The molecule has 2 aliphatic rings. The lowest BCUT2D eigenvalue weighted by atomic mass is 10.0. The van der Waals surface area contributed by atoms with Crippen LogP contribution in [0.15, 0.2) is 52.5 Å². The molecular weight excluding hydrogens is 390 g/mol. The number of alkyl halides is 2. The van der Waals surface area contributed by atoms with Crippen molar-refractivity contribution in [2.45, 2.75) is 20.1 Å². The third-order valence-corrected chi connectivity index (χ3v) is 4.94. The van der Waals surface area contributed by atoms with E-state index < -0.39 is 6.29 Å². The number of benzene rings is 2. The summed E-state index contributed by atoms with van der Waals surface area (Å²) < 4.78 is 35.3. The van der Waals surface area contributed by atoms with Crippen molar-refractivity contribution in [1.82, 2.24) is 0 Å². The second-order valence-electron chi connectivity index (χ2n) is 6.55. The highest BCUT2D eigenvalue weighted by molar-refractivity contribution is 6.49. The second-order valence-corrected chi connectivity index (χ2v) is 6.96. The smallest absolute Gasteiger partial charge is 0.395 e. The Balaban J connectivity index is 1.54. The Labute approximate surface area is 164 Å². The number of anilines is 1. The summed E-state index contributed by atoms with van der Waals surface area (Å²) in [5.41, 5.74) is 4.16. The molecule has 1 amide bonds. The Morgan fingerprint density at radius 2 is 1.79 bits per heavy atom. The summed E-state index contributed by atoms with van der Waals surface area (Å²) in [4.78, 5) is 16.6. The van der Waals surface area contributed by atoms with Crippen LogP contribution in [0.3, 0.4) is 0 Å². The van der Waals surface area contributed by atoms with Gasteiger partial charge in [-0.1, -0.05) is 23.7 Å². The molecule has 2 aromatic rings. The predicted octanol–water partition coefficient (Wildman–Crippen LogP) is 5.06. The Morgan fingerprint density at radius 1 is 1.14 bits per heavy atom. The molecule has 0 saturated heterocycles. The molecule has 0 aliphatic carbocycles. The number of fused-ring (bicyclic) bond motifs is 1. The number of rotatable bonds is 3. The Bertz CT molecular complexity index is 1050. The number of amides is 1. The van der Waals surface area contributed by atoms with Gasteiger partial charge < -0.3 is 14.8 Å². The van der Waals surface area contributed by atoms with Gasteiger partial charge in [-0.2, -0.15) is 0 Å². The third kappa shape index (κ3) is 3.33. The highest BCUT2D eigenvalue weighted by Crippen LogP contribution is 2.46. The number of hydrogen-bond donors (Lipinski definition) is 1. The molecule has 1 N–H and O–H groups in total. The molecule has 28 heavy (non-hydrogen) atoms. The molecule has 0 spiro atoms. The average Bonchev–Trinajstić information content (AvgIpc) is 3.12. The van der Waals surface area contributed by atoms with Crippen LogP contribution in [0.2, 0.25) is 5.02 Å². The fourth-order valence-electron chi connectivity index (χ4n) is 3.00. The summed E-state index contributed by atoms with van der Waals surface area (Å²) in [6.45, 7) is 4.35. The molecule has 4 rings (SSSR count). The van der Waals surface area contributed by atoms with E-state index in [1.807, 2.05) is 13.8 Å². The van der Waals surface area contributed by atoms with Crippen LogP contribution in [0, 0.1) is 0 Å². The zero-order valence-electron chi connectivity index (χ0n) is 15.0. The Hall–Kier alpha value is -2.93. The maximum absolute atomic E-state index is 13.2. The number of carbonyl (C=O) groups excluding carboxylic acids is 1. The van der Waals surface area contributed by atoms with E-state index in [1.54, 1.807) is 24.3 Å². The first-order chi connectivity index (χ1) is 13.2. The van der Waals surface area contributed by atoms with E-state index in [1.165, 1.54) is 12.1 Å². The van der Waals surface area contributed by atoms with Crippen LogP contribution in [0.5, 0.6) is 11.5 Å². The second kappa shape index (κ2) is 6.60. The van der Waals surface area contributed by atoms with Gasteiger partial charge in [-0.25, -0.2) is 0 Å². The van der Waals surface area contributed by atoms with Gasteiger partial charge in [0.2, 0.25) is 0 Å². The largest absolute Gasteiger partial charge is 0.586 e. The van der Waals surface area contributed by atoms with E-state index in [2.05, 4.69) is 19.8 Å². The first-order valence-corrected chi connectivity index (χ1v) is 8.83. The van der Waals surface area contributed by atoms with Crippen molar-refractivity contribution in [3.05, 3.63) is 52.6 Å². The highest BCUT2D eigenvalue weighted by Gasteiger charge is 2.43. The van der Waals surface area contributed by atoms with Crippen molar-refractivity contribution in [1.29, 1.82) is 0 Å². The van der Waals surface area contributed by atoms with Crippen LogP contribution in [0.4, 0.5) is 14.5 Å². The number of nitrogens with one attached hydrogen (secondary N) is 1. The third-order valence-electron chi connectivity index (χ3n) is 4.63. The van der Waals surface area contributed by atoms with E-state index >= 15 is 0 Å². The Kier molecular flexibility index (Phi) is 4.34. The lowest BCUT2D eigenvalue weighted by molar-refractivity contribution is -0.286. The van der Waals surface area contributed by atoms with E-state index in [-0.39, 0.29) is 22.4 Å². The van der Waals surface area contributed by atoms with Gasteiger partial charge in [0.25, 0.3) is 5.91 Å². The van der Waals surface area contributed by atoms with Crippen LogP contribution in [-0.2, 0) is 4.79 Å². The molecule has 0 radical (unpaired) electrons. The fraction of sp³-hybridized carbons (Fsp3) is 0.200. The number of hydrogen-bond acceptors (Lipinski definition) is 4. The summed E-state index contributed by atoms with van der Waals surface area (Å²) in [5, 5.41) is 3.04. The monoisotopic (exact) mass is 404 g/mol. The predicted molar refractivity (Wildman–Crippen MR) is 102 cm³/mol. The van der Waals surface area contributed by atoms with Gasteiger partial charge in [0.1, 0.15) is 5.71 Å². The molecule has 0 aromatic heterocycles. The van der Waals surface area contributed by atoms with Gasteiger partial charge in [-0.05, 0) is 48.8 Å². The molecule has 144 valence electrons. The summed E-state index contributed by atoms with van der Waals surface area (Å²) in [6, 6.07) is 9.53. The molecule has 8 heteroatoms. The SMILES string of the molecule is CC1=C(C)C(C(=O)Nc2ccc(-c3cc4c(cc3Cl)OC(F)(F)O4)cc2)=NC1. The van der Waals surface area contributed by atoms with Crippen molar-refractivity contribution >= 4 is 28.9 Å². The van der Waals surface area contributed by atoms with Crippen molar-refractivity contribution in [2.75, 3.05) is 11.9 Å². The summed E-state index contributed by atoms with van der Waals surface area (Å²) in [6.07, 6.45) is -3.70. The fourth-order valence-corrected chi connectivity index (χ4v) is 3.26. The molecule has 0 saturated carbocycles. The molecule has 0 atom stereocenters. The van der Waals surface area contributed by atoms with E-state index in [0.717, 1.165) is 11.1 Å². The standard InChI is InChI=1S/C20H15ClF2N2O3/c1-10-9-24-18(11(10)2)19(26)25-13-5-3-12(4-6-13)14-7-16-17(8-15(14)21)28-20(22,23)27-16/h3-8H,9H2,1-2H3,(H,25,26). The molecular formula is C20H15ClF2N2O3. The lowest BCUT2D eigenvalue weighted by Crippen LogP contribution is -2.25. The number of ether oxygens (including phenoxy) is 2. The van der Waals surface area contributed by atoms with Crippen LogP contribution in [0.25, 0.3) is 11.1 Å². The minimum atomic E-state index is -3.70. The minimum absolute atomic E-state index is 0.0846. The zero-order chi connectivity index (χ0) is 20.1. The highest BCUT2D eigenvalue weighted by atomic mass is 35.5. The zero-order valence-corrected chi connectivity index (χ0v) is 15.7. The van der Waals surface area contributed by atoms with Crippen LogP contribution < -0.4 is 14.8 Å². The van der Waals surface area contributed by atoms with E-state index in [9.17, 15) is 13.6 Å². The molecule has 5 nitrogen and oxygen atoms in total. The van der Waals surface area contributed by atoms with Crippen molar-refractivity contribution in [2.24, 2.45) is 4.99 Å². The number of halogens is 3. The van der Waals surface area contributed by atoms with E-state index in [0.29, 0.717) is 29.1 Å². The van der Waals surface area contributed by atoms with Crippen molar-refractivity contribution < 1.29 is 23.0 Å². The number of carbonyl (C=O) groups is 1. The first kappa shape index (κ1) is 18.4. The van der Waals surface area contributed by atoms with Crippen molar-refractivity contribution in [3.63, 3.8) is 0 Å². The van der Waals surface area contributed by atoms with Gasteiger partial charge in [-0.15, -0.1) is 8.78 Å². The molecule has 0 bridgehead atoms. The van der Waals surface area contributed by atoms with E-state index in [4.69, 9.17) is 11.6 Å². The molecule has 0 unspecified atom stereocenters. The van der Waals surface area contributed by atoms with Crippen LogP contribution in [0.1, 0.15) is 13.8 Å². The summed E-state index contributed by atoms with van der Waals surface area (Å²) >= 11 is 6.20. The van der Waals surface area contributed by atoms with Gasteiger partial charge in [0.15, 0.2) is 11.5 Å². The van der Waals surface area contributed by atoms with Gasteiger partial charge in [0.05, 0.1) is 11.6 Å². The molecule has 2 aromatic carbocycles. The maximum Gasteiger partial charge on any atom is 0.586 e. The summed E-state index contributed by atoms with van der Waals surface area (Å²) in [7, 11) is 0. The number of aliphatic imine (C=N–C) groups is 1. The summed E-state index contributed by atoms with van der Waals surface area (Å²) in [5.74, 6) is -0.470. The normalized spacial score (nSPS) is 17.0. The minimum Gasteiger partial charge on any atom is -0.395 e. The molecule has 2 aliphatic heterocycles. The van der Waals surface area contributed by atoms with Gasteiger partial charge in [-0.3, -0.25) is 9.79 Å². The topological polar surface area (TPSA) is 59.9 Å².